The van der Waals surface area contributed by atoms with E-state index in [0.717, 1.165) is 18.5 Å². The van der Waals surface area contributed by atoms with Crippen molar-refractivity contribution < 1.29 is 9.59 Å². The van der Waals surface area contributed by atoms with Gasteiger partial charge in [-0.1, -0.05) is 24.1 Å². The van der Waals surface area contributed by atoms with Gasteiger partial charge in [-0.25, -0.2) is 9.78 Å². The fourth-order valence-corrected chi connectivity index (χ4v) is 4.25. The highest BCUT2D eigenvalue weighted by Gasteiger charge is 2.39. The number of hydrogen-bond donors (Lipinski definition) is 2. The van der Waals surface area contributed by atoms with Crippen LogP contribution in [0.25, 0.3) is 0 Å². The standard InChI is InChI=1S/C23H28ClN5O2.ClH/c1-14(25-3)22(30)27-21-11-10-20-19(26-21)13-28(15(2)16-6-4-7-16)23(31)29(20)18-9-5-8-17(24)12-18;/h5,8-12,14-16,25H,4,6-7,13H2,1-3H3,(H,26,27,30);1H/t14-,15?;/m0./s1. The van der Waals surface area contributed by atoms with E-state index >= 15 is 0 Å². The van der Waals surface area contributed by atoms with Crippen LogP contribution >= 0.6 is 24.0 Å². The number of fused-ring (bicyclic) bond motifs is 1. The Balaban J connectivity index is 0.00000289. The van der Waals surface area contributed by atoms with E-state index in [4.69, 9.17) is 16.6 Å². The van der Waals surface area contributed by atoms with Crippen molar-refractivity contribution in [3.63, 3.8) is 0 Å². The zero-order chi connectivity index (χ0) is 22.1. The van der Waals surface area contributed by atoms with Crippen LogP contribution in [0.5, 0.6) is 0 Å². The van der Waals surface area contributed by atoms with Crippen molar-refractivity contribution in [3.8, 4) is 0 Å². The molecule has 1 aromatic heterocycles. The van der Waals surface area contributed by atoms with Gasteiger partial charge in [0, 0.05) is 11.1 Å². The average Bonchev–Trinajstić information content (AvgIpc) is 2.71. The van der Waals surface area contributed by atoms with Gasteiger partial charge in [0.1, 0.15) is 5.82 Å². The highest BCUT2D eigenvalue weighted by Crippen LogP contribution is 2.39. The van der Waals surface area contributed by atoms with Crippen LogP contribution in [0, 0.1) is 5.92 Å². The van der Waals surface area contributed by atoms with Gasteiger partial charge in [0.2, 0.25) is 5.91 Å². The van der Waals surface area contributed by atoms with Crippen molar-refractivity contribution in [2.45, 2.75) is 51.7 Å². The number of pyridine rings is 1. The Labute approximate surface area is 199 Å². The molecule has 32 heavy (non-hydrogen) atoms. The molecule has 1 saturated carbocycles. The van der Waals surface area contributed by atoms with Crippen LogP contribution in [0.1, 0.15) is 38.8 Å². The molecule has 0 spiro atoms. The fourth-order valence-electron chi connectivity index (χ4n) is 4.07. The molecule has 7 nitrogen and oxygen atoms in total. The summed E-state index contributed by atoms with van der Waals surface area (Å²) >= 11 is 6.23. The first-order valence-electron chi connectivity index (χ1n) is 10.7. The third-order valence-electron chi connectivity index (χ3n) is 6.42. The number of carbonyl (C=O) groups excluding carboxylic acids is 2. The number of nitrogens with zero attached hydrogens (tertiary/aromatic N) is 3. The number of benzene rings is 1. The minimum atomic E-state index is -0.336. The molecule has 4 rings (SSSR count). The topological polar surface area (TPSA) is 77.6 Å². The summed E-state index contributed by atoms with van der Waals surface area (Å²) < 4.78 is 0. The van der Waals surface area contributed by atoms with E-state index in [1.807, 2.05) is 23.1 Å². The highest BCUT2D eigenvalue weighted by atomic mass is 35.5. The van der Waals surface area contributed by atoms with Crippen LogP contribution in [0.2, 0.25) is 5.02 Å². The molecule has 172 valence electrons. The van der Waals surface area contributed by atoms with E-state index in [1.54, 1.807) is 37.1 Å². The molecular weight excluding hydrogens is 449 g/mol. The van der Waals surface area contributed by atoms with Crippen molar-refractivity contribution in [1.29, 1.82) is 0 Å². The zero-order valence-electron chi connectivity index (χ0n) is 18.5. The van der Waals surface area contributed by atoms with Crippen LogP contribution in [0.3, 0.4) is 0 Å². The molecule has 1 fully saturated rings. The van der Waals surface area contributed by atoms with Gasteiger partial charge in [-0.2, -0.15) is 0 Å². The number of halogens is 2. The van der Waals surface area contributed by atoms with E-state index in [1.165, 1.54) is 6.42 Å². The minimum Gasteiger partial charge on any atom is -0.315 e. The maximum atomic E-state index is 13.6. The molecule has 2 atom stereocenters. The monoisotopic (exact) mass is 477 g/mol. The number of amides is 3. The molecule has 0 saturated heterocycles. The predicted molar refractivity (Wildman–Crippen MR) is 130 cm³/mol. The Morgan fingerprint density at radius 2 is 1.97 bits per heavy atom. The Morgan fingerprint density at radius 1 is 1.22 bits per heavy atom. The molecule has 1 aliphatic heterocycles. The lowest BCUT2D eigenvalue weighted by Gasteiger charge is -2.44. The fraction of sp³-hybridized carbons (Fsp3) is 0.435. The third-order valence-corrected chi connectivity index (χ3v) is 6.65. The summed E-state index contributed by atoms with van der Waals surface area (Å²) in [4.78, 5) is 34.1. The maximum absolute atomic E-state index is 13.6. The molecule has 1 unspecified atom stereocenters. The van der Waals surface area contributed by atoms with Crippen molar-refractivity contribution in [3.05, 3.63) is 47.1 Å². The summed E-state index contributed by atoms with van der Waals surface area (Å²) in [7, 11) is 1.73. The van der Waals surface area contributed by atoms with Crippen LogP contribution in [0.4, 0.5) is 22.0 Å². The van der Waals surface area contributed by atoms with Gasteiger partial charge in [-0.15, -0.1) is 12.4 Å². The van der Waals surface area contributed by atoms with Gasteiger partial charge in [-0.05, 0) is 70.0 Å². The van der Waals surface area contributed by atoms with Crippen LogP contribution in [-0.4, -0.2) is 41.0 Å². The zero-order valence-corrected chi connectivity index (χ0v) is 20.0. The second-order valence-corrected chi connectivity index (χ2v) is 8.76. The summed E-state index contributed by atoms with van der Waals surface area (Å²) in [6.45, 7) is 4.31. The second-order valence-electron chi connectivity index (χ2n) is 8.32. The summed E-state index contributed by atoms with van der Waals surface area (Å²) in [6.07, 6.45) is 3.49. The van der Waals surface area contributed by atoms with Crippen molar-refractivity contribution in [2.24, 2.45) is 5.92 Å². The molecule has 9 heteroatoms. The van der Waals surface area contributed by atoms with E-state index in [2.05, 4.69) is 17.6 Å². The van der Waals surface area contributed by atoms with E-state index < -0.39 is 0 Å². The van der Waals surface area contributed by atoms with E-state index in [-0.39, 0.29) is 36.4 Å². The first kappa shape index (κ1) is 24.3. The summed E-state index contributed by atoms with van der Waals surface area (Å²) in [5.41, 5.74) is 2.16. The van der Waals surface area contributed by atoms with Crippen molar-refractivity contribution >= 4 is 53.1 Å². The number of hydrogen-bond acceptors (Lipinski definition) is 4. The van der Waals surface area contributed by atoms with Crippen molar-refractivity contribution in [2.75, 3.05) is 17.3 Å². The number of nitrogens with one attached hydrogen (secondary N) is 2. The van der Waals surface area contributed by atoms with Gasteiger partial charge in [0.25, 0.3) is 0 Å². The van der Waals surface area contributed by atoms with Gasteiger partial charge in [0.15, 0.2) is 0 Å². The van der Waals surface area contributed by atoms with Gasteiger partial charge in [0.05, 0.1) is 29.7 Å². The normalized spacial score (nSPS) is 17.7. The Morgan fingerprint density at radius 3 is 2.59 bits per heavy atom. The third kappa shape index (κ3) is 4.70. The summed E-state index contributed by atoms with van der Waals surface area (Å²) in [6, 6.07) is 10.5. The number of likely N-dealkylation sites (N-methyl/N-ethyl adjacent to an activating group) is 1. The van der Waals surface area contributed by atoms with Gasteiger partial charge in [-0.3, -0.25) is 9.69 Å². The largest absolute Gasteiger partial charge is 0.329 e. The van der Waals surface area contributed by atoms with Crippen LogP contribution in [0.15, 0.2) is 36.4 Å². The molecule has 1 aromatic carbocycles. The number of urea groups is 1. The SMILES string of the molecule is CN[C@@H](C)C(=O)Nc1ccc2c(n1)CN(C(C)C1CCC1)C(=O)N2c1cccc(Cl)c1.Cl. The molecule has 0 radical (unpaired) electrons. The Kier molecular flexibility index (Phi) is 7.64. The van der Waals surface area contributed by atoms with E-state index in [0.29, 0.717) is 34.7 Å². The molecule has 2 aliphatic rings. The molecule has 3 amide bonds. The number of carbonyl (C=O) groups is 2. The highest BCUT2D eigenvalue weighted by molar-refractivity contribution is 6.31. The quantitative estimate of drug-likeness (QED) is 0.615. The minimum absolute atomic E-state index is 0. The molecule has 2 aromatic rings. The first-order valence-corrected chi connectivity index (χ1v) is 11.1. The van der Waals surface area contributed by atoms with Crippen LogP contribution < -0.4 is 15.5 Å². The molecule has 0 bridgehead atoms. The Bertz CT molecular complexity index is 998. The van der Waals surface area contributed by atoms with Crippen LogP contribution in [-0.2, 0) is 11.3 Å². The lowest BCUT2D eigenvalue weighted by Crippen LogP contribution is -2.52. The number of aromatic nitrogens is 1. The van der Waals surface area contributed by atoms with Gasteiger partial charge >= 0.3 is 6.03 Å². The molecule has 1 aliphatic carbocycles. The summed E-state index contributed by atoms with van der Waals surface area (Å²) in [5, 5.41) is 6.34. The smallest absolute Gasteiger partial charge is 0.315 e. The average molecular weight is 478 g/mol. The van der Waals surface area contributed by atoms with Gasteiger partial charge < -0.3 is 15.5 Å². The van der Waals surface area contributed by atoms with E-state index in [9.17, 15) is 9.59 Å². The van der Waals surface area contributed by atoms with Crippen molar-refractivity contribution in [1.82, 2.24) is 15.2 Å². The lowest BCUT2D eigenvalue weighted by molar-refractivity contribution is -0.117. The number of anilines is 3. The Hall–Kier alpha value is -2.35. The maximum Gasteiger partial charge on any atom is 0.329 e. The summed E-state index contributed by atoms with van der Waals surface area (Å²) in [5.74, 6) is 0.821. The number of rotatable bonds is 6. The molecule has 2 N–H and O–H groups in total. The lowest BCUT2D eigenvalue weighted by atomic mass is 9.79. The molecule has 2 heterocycles. The predicted octanol–water partition coefficient (Wildman–Crippen LogP) is 4.97. The molecular formula is C23H29Cl2N5O2. The first-order chi connectivity index (χ1) is 14.9. The second kappa shape index (κ2) is 10.1.